The maximum absolute atomic E-state index is 12.8. The molecule has 3 unspecified atom stereocenters. The van der Waals surface area contributed by atoms with Crippen molar-refractivity contribution < 1.29 is 18.0 Å². The number of halogens is 3. The van der Waals surface area contributed by atoms with Crippen LogP contribution in [0.3, 0.4) is 0 Å². The van der Waals surface area contributed by atoms with Crippen LogP contribution in [0.5, 0.6) is 0 Å². The van der Waals surface area contributed by atoms with Gasteiger partial charge in [0.2, 0.25) is 5.91 Å². The van der Waals surface area contributed by atoms with Crippen LogP contribution in [0.4, 0.5) is 13.2 Å². The van der Waals surface area contributed by atoms with Crippen molar-refractivity contribution in [2.75, 3.05) is 0 Å². The molecule has 1 aromatic heterocycles. The number of rotatable bonds is 3. The normalized spacial score (nSPS) is 24.1. The summed E-state index contributed by atoms with van der Waals surface area (Å²) in [5.41, 5.74) is 1.67. The summed E-state index contributed by atoms with van der Waals surface area (Å²) in [6.45, 7) is 5.39. The first-order chi connectivity index (χ1) is 10.2. The minimum absolute atomic E-state index is 0.0287. The molecule has 22 heavy (non-hydrogen) atoms. The van der Waals surface area contributed by atoms with Gasteiger partial charge in [-0.2, -0.15) is 18.3 Å². The molecule has 0 radical (unpaired) electrons. The highest BCUT2D eigenvalue weighted by Gasteiger charge is 2.42. The van der Waals surface area contributed by atoms with Crippen LogP contribution in [-0.4, -0.2) is 27.9 Å². The first-order valence-corrected chi connectivity index (χ1v) is 7.58. The van der Waals surface area contributed by atoms with E-state index >= 15 is 0 Å². The summed E-state index contributed by atoms with van der Waals surface area (Å²) >= 11 is 0. The van der Waals surface area contributed by atoms with Crippen LogP contribution in [0.2, 0.25) is 0 Å². The van der Waals surface area contributed by atoms with E-state index in [2.05, 4.69) is 10.4 Å². The zero-order valence-corrected chi connectivity index (χ0v) is 13.1. The lowest BCUT2D eigenvalue weighted by Gasteiger charge is -2.31. The zero-order chi connectivity index (χ0) is 16.5. The van der Waals surface area contributed by atoms with Crippen molar-refractivity contribution in [1.82, 2.24) is 15.1 Å². The highest BCUT2D eigenvalue weighted by molar-refractivity contribution is 5.80. The van der Waals surface area contributed by atoms with Crippen molar-refractivity contribution in [2.45, 2.75) is 64.7 Å². The SMILES string of the molecule is Cc1cc(C)n(C(C)C(=O)NC2CCCC(C(F)(F)F)C2)n1. The van der Waals surface area contributed by atoms with Gasteiger partial charge in [-0.25, -0.2) is 0 Å². The van der Waals surface area contributed by atoms with Crippen LogP contribution in [0.25, 0.3) is 0 Å². The molecule has 1 aliphatic carbocycles. The minimum atomic E-state index is -4.18. The van der Waals surface area contributed by atoms with E-state index in [-0.39, 0.29) is 18.7 Å². The molecular weight excluding hydrogens is 295 g/mol. The van der Waals surface area contributed by atoms with E-state index in [9.17, 15) is 18.0 Å². The molecule has 7 heteroatoms. The molecule has 4 nitrogen and oxygen atoms in total. The Kier molecular flexibility index (Phi) is 4.82. The summed E-state index contributed by atoms with van der Waals surface area (Å²) in [7, 11) is 0. The first-order valence-electron chi connectivity index (χ1n) is 7.58. The van der Waals surface area contributed by atoms with Crippen molar-refractivity contribution in [2.24, 2.45) is 5.92 Å². The van der Waals surface area contributed by atoms with E-state index < -0.39 is 24.2 Å². The highest BCUT2D eigenvalue weighted by atomic mass is 19.4. The number of carbonyl (C=O) groups excluding carboxylic acids is 1. The summed E-state index contributed by atoms with van der Waals surface area (Å²) < 4.78 is 40.0. The summed E-state index contributed by atoms with van der Waals surface area (Å²) in [4.78, 5) is 12.3. The Bertz CT molecular complexity index is 539. The molecule has 0 saturated heterocycles. The second kappa shape index (κ2) is 6.30. The van der Waals surface area contributed by atoms with E-state index in [1.54, 1.807) is 11.6 Å². The summed E-state index contributed by atoms with van der Waals surface area (Å²) in [5, 5.41) is 7.01. The van der Waals surface area contributed by atoms with Gasteiger partial charge in [0.05, 0.1) is 11.6 Å². The molecule has 0 aromatic carbocycles. The van der Waals surface area contributed by atoms with Gasteiger partial charge < -0.3 is 5.32 Å². The average molecular weight is 317 g/mol. The molecule has 0 bridgehead atoms. The lowest BCUT2D eigenvalue weighted by molar-refractivity contribution is -0.184. The molecule has 2 rings (SSSR count). The molecule has 1 aromatic rings. The quantitative estimate of drug-likeness (QED) is 0.930. The van der Waals surface area contributed by atoms with Gasteiger partial charge in [-0.1, -0.05) is 6.42 Å². The number of nitrogens with zero attached hydrogens (tertiary/aromatic N) is 2. The van der Waals surface area contributed by atoms with Crippen LogP contribution < -0.4 is 5.32 Å². The maximum Gasteiger partial charge on any atom is 0.391 e. The summed E-state index contributed by atoms with van der Waals surface area (Å²) in [6.07, 6.45) is -2.96. The molecule has 1 N–H and O–H groups in total. The molecule has 124 valence electrons. The monoisotopic (exact) mass is 317 g/mol. The van der Waals surface area contributed by atoms with E-state index in [0.717, 1.165) is 11.4 Å². The van der Waals surface area contributed by atoms with Gasteiger partial charge >= 0.3 is 6.18 Å². The van der Waals surface area contributed by atoms with Crippen molar-refractivity contribution >= 4 is 5.91 Å². The molecule has 1 saturated carbocycles. The number of alkyl halides is 3. The Morgan fingerprint density at radius 1 is 1.41 bits per heavy atom. The predicted molar refractivity (Wildman–Crippen MR) is 76.4 cm³/mol. The molecular formula is C15H22F3N3O. The molecule has 0 spiro atoms. The molecule has 1 fully saturated rings. The third-order valence-electron chi connectivity index (χ3n) is 4.27. The van der Waals surface area contributed by atoms with Crippen molar-refractivity contribution in [3.63, 3.8) is 0 Å². The lowest BCUT2D eigenvalue weighted by atomic mass is 9.85. The third-order valence-corrected chi connectivity index (χ3v) is 4.27. The first kappa shape index (κ1) is 16.8. The summed E-state index contributed by atoms with van der Waals surface area (Å²) in [6, 6.07) is 0.927. The number of hydrogen-bond donors (Lipinski definition) is 1. The van der Waals surface area contributed by atoms with Gasteiger partial charge in [-0.15, -0.1) is 0 Å². The second-order valence-electron chi connectivity index (χ2n) is 6.16. The molecule has 1 amide bonds. The minimum Gasteiger partial charge on any atom is -0.352 e. The van der Waals surface area contributed by atoms with Crippen molar-refractivity contribution in [1.29, 1.82) is 0 Å². The zero-order valence-electron chi connectivity index (χ0n) is 13.1. The van der Waals surface area contributed by atoms with E-state index in [4.69, 9.17) is 0 Å². The predicted octanol–water partition coefficient (Wildman–Crippen LogP) is 3.30. The lowest BCUT2D eigenvalue weighted by Crippen LogP contribution is -2.44. The van der Waals surface area contributed by atoms with Crippen LogP contribution in [-0.2, 0) is 4.79 Å². The number of amides is 1. The molecule has 1 aliphatic rings. The molecule has 1 heterocycles. The fourth-order valence-corrected chi connectivity index (χ4v) is 3.09. The Labute approximate surface area is 128 Å². The third kappa shape index (κ3) is 3.81. The maximum atomic E-state index is 12.8. The Balaban J connectivity index is 1.98. The standard InChI is InChI=1S/C15H22F3N3O/c1-9-7-10(2)21(20-9)11(3)14(22)19-13-6-4-5-12(8-13)15(16,17)18/h7,11-13H,4-6,8H2,1-3H3,(H,19,22). The van der Waals surface area contributed by atoms with Gasteiger partial charge in [0.1, 0.15) is 6.04 Å². The Morgan fingerprint density at radius 3 is 2.64 bits per heavy atom. The highest BCUT2D eigenvalue weighted by Crippen LogP contribution is 2.37. The van der Waals surface area contributed by atoms with Crippen LogP contribution in [0.1, 0.15) is 50.0 Å². The van der Waals surface area contributed by atoms with Crippen molar-refractivity contribution in [3.8, 4) is 0 Å². The van der Waals surface area contributed by atoms with Crippen LogP contribution in [0, 0.1) is 19.8 Å². The van der Waals surface area contributed by atoms with E-state index in [0.29, 0.717) is 12.8 Å². The van der Waals surface area contributed by atoms with Gasteiger partial charge in [0.15, 0.2) is 0 Å². The molecule has 3 atom stereocenters. The topological polar surface area (TPSA) is 46.9 Å². The number of hydrogen-bond acceptors (Lipinski definition) is 2. The number of carbonyl (C=O) groups is 1. The fraction of sp³-hybridized carbons (Fsp3) is 0.733. The summed E-state index contributed by atoms with van der Waals surface area (Å²) in [5.74, 6) is -1.59. The largest absolute Gasteiger partial charge is 0.391 e. The number of aryl methyl sites for hydroxylation is 2. The van der Waals surface area contributed by atoms with Gasteiger partial charge in [0.25, 0.3) is 0 Å². The van der Waals surface area contributed by atoms with Gasteiger partial charge in [-0.05, 0) is 46.1 Å². The Morgan fingerprint density at radius 2 is 2.09 bits per heavy atom. The fourth-order valence-electron chi connectivity index (χ4n) is 3.09. The average Bonchev–Trinajstić information content (AvgIpc) is 2.76. The van der Waals surface area contributed by atoms with Gasteiger partial charge in [-0.3, -0.25) is 9.48 Å². The second-order valence-corrected chi connectivity index (χ2v) is 6.16. The van der Waals surface area contributed by atoms with Crippen LogP contribution in [0.15, 0.2) is 6.07 Å². The van der Waals surface area contributed by atoms with Crippen LogP contribution >= 0.6 is 0 Å². The van der Waals surface area contributed by atoms with E-state index in [1.807, 2.05) is 19.9 Å². The smallest absolute Gasteiger partial charge is 0.352 e. The number of aromatic nitrogens is 2. The van der Waals surface area contributed by atoms with Gasteiger partial charge in [0, 0.05) is 11.7 Å². The van der Waals surface area contributed by atoms with E-state index in [1.165, 1.54) is 0 Å². The Hall–Kier alpha value is -1.53. The van der Waals surface area contributed by atoms with Crippen molar-refractivity contribution in [3.05, 3.63) is 17.5 Å². The number of nitrogens with one attached hydrogen (secondary N) is 1. The molecule has 0 aliphatic heterocycles.